The Morgan fingerprint density at radius 1 is 0.759 bits per heavy atom. The van der Waals surface area contributed by atoms with Gasteiger partial charge in [0.1, 0.15) is 11.4 Å². The van der Waals surface area contributed by atoms with Crippen LogP contribution in [0.1, 0.15) is 91.2 Å². The lowest BCUT2D eigenvalue weighted by atomic mass is 9.51. The molecular formula is C28H36O. The van der Waals surface area contributed by atoms with Gasteiger partial charge in [0.25, 0.3) is 0 Å². The summed E-state index contributed by atoms with van der Waals surface area (Å²) in [5.41, 5.74) is 8.63. The van der Waals surface area contributed by atoms with E-state index in [1.54, 1.807) is 0 Å². The average Bonchev–Trinajstić information content (AvgIpc) is 2.72. The predicted molar refractivity (Wildman–Crippen MR) is 121 cm³/mol. The molecule has 0 saturated heterocycles. The van der Waals surface area contributed by atoms with E-state index in [-0.39, 0.29) is 5.60 Å². The molecule has 29 heavy (non-hydrogen) atoms. The van der Waals surface area contributed by atoms with Crippen LogP contribution in [-0.2, 0) is 11.0 Å². The minimum absolute atomic E-state index is 0.154. The SMILES string of the molecule is Cc1ccc(C23CCCCC2C2(CCCCC2)c2ccc(C)c(C)c2O3)c(C)c1. The van der Waals surface area contributed by atoms with Gasteiger partial charge in [0.15, 0.2) is 0 Å². The normalized spacial score (nSPS) is 27.8. The molecular weight excluding hydrogens is 352 g/mol. The van der Waals surface area contributed by atoms with Gasteiger partial charge in [-0.25, -0.2) is 0 Å². The summed E-state index contributed by atoms with van der Waals surface area (Å²) in [6.45, 7) is 9.03. The van der Waals surface area contributed by atoms with Crippen molar-refractivity contribution in [2.24, 2.45) is 5.92 Å². The highest BCUT2D eigenvalue weighted by atomic mass is 16.5. The zero-order chi connectivity index (χ0) is 20.2. The van der Waals surface area contributed by atoms with Gasteiger partial charge in [-0.2, -0.15) is 0 Å². The van der Waals surface area contributed by atoms with E-state index < -0.39 is 0 Å². The average molecular weight is 389 g/mol. The number of hydrogen-bond donors (Lipinski definition) is 0. The fourth-order valence-corrected chi connectivity index (χ4v) is 7.14. The van der Waals surface area contributed by atoms with Crippen molar-refractivity contribution in [2.75, 3.05) is 0 Å². The summed E-state index contributed by atoms with van der Waals surface area (Å²) in [5, 5.41) is 0. The first-order chi connectivity index (χ1) is 14.0. The van der Waals surface area contributed by atoms with E-state index >= 15 is 0 Å². The van der Waals surface area contributed by atoms with Crippen LogP contribution in [0.25, 0.3) is 0 Å². The fourth-order valence-electron chi connectivity index (χ4n) is 7.14. The summed E-state index contributed by atoms with van der Waals surface area (Å²) in [4.78, 5) is 0. The first kappa shape index (κ1) is 19.2. The molecule has 1 spiro atoms. The highest BCUT2D eigenvalue weighted by Crippen LogP contribution is 2.63. The molecule has 154 valence electrons. The molecule has 1 nitrogen and oxygen atoms in total. The molecule has 2 saturated carbocycles. The van der Waals surface area contributed by atoms with Crippen molar-refractivity contribution >= 4 is 0 Å². The van der Waals surface area contributed by atoms with Crippen LogP contribution in [-0.4, -0.2) is 0 Å². The van der Waals surface area contributed by atoms with Gasteiger partial charge in [0.05, 0.1) is 0 Å². The minimum Gasteiger partial charge on any atom is -0.482 e. The van der Waals surface area contributed by atoms with Crippen molar-refractivity contribution in [2.45, 2.75) is 96.5 Å². The lowest BCUT2D eigenvalue weighted by Gasteiger charge is -2.59. The summed E-state index contributed by atoms with van der Waals surface area (Å²) in [7, 11) is 0. The van der Waals surface area contributed by atoms with Crippen LogP contribution in [0.4, 0.5) is 0 Å². The maximum Gasteiger partial charge on any atom is 0.138 e. The van der Waals surface area contributed by atoms with Crippen LogP contribution >= 0.6 is 0 Å². The zero-order valence-electron chi connectivity index (χ0n) is 18.7. The number of fused-ring (bicyclic) bond motifs is 4. The Kier molecular flexibility index (Phi) is 4.57. The largest absolute Gasteiger partial charge is 0.482 e. The van der Waals surface area contributed by atoms with Crippen LogP contribution in [0.15, 0.2) is 30.3 Å². The fraction of sp³-hybridized carbons (Fsp3) is 0.571. The Bertz CT molecular complexity index is 934. The highest BCUT2D eigenvalue weighted by molar-refractivity contribution is 5.54. The third-order valence-corrected chi connectivity index (χ3v) is 8.60. The Balaban J connectivity index is 1.79. The molecule has 2 fully saturated rings. The van der Waals surface area contributed by atoms with Crippen molar-refractivity contribution in [3.8, 4) is 5.75 Å². The Labute approximate surface area is 176 Å². The maximum atomic E-state index is 7.27. The first-order valence-electron chi connectivity index (χ1n) is 11.9. The van der Waals surface area contributed by atoms with Crippen molar-refractivity contribution in [1.82, 2.24) is 0 Å². The van der Waals surface area contributed by atoms with E-state index in [1.165, 1.54) is 90.5 Å². The van der Waals surface area contributed by atoms with Gasteiger partial charge >= 0.3 is 0 Å². The van der Waals surface area contributed by atoms with Gasteiger partial charge in [-0.3, -0.25) is 0 Å². The number of benzene rings is 2. The predicted octanol–water partition coefficient (Wildman–Crippen LogP) is 7.60. The number of ether oxygens (including phenoxy) is 1. The Morgan fingerprint density at radius 2 is 1.48 bits per heavy atom. The molecule has 2 aromatic carbocycles. The highest BCUT2D eigenvalue weighted by Gasteiger charge is 2.59. The Morgan fingerprint density at radius 3 is 2.24 bits per heavy atom. The molecule has 0 aromatic heterocycles. The topological polar surface area (TPSA) is 9.23 Å². The minimum atomic E-state index is -0.154. The Hall–Kier alpha value is -1.76. The van der Waals surface area contributed by atoms with Gasteiger partial charge in [-0.15, -0.1) is 0 Å². The van der Waals surface area contributed by atoms with E-state index in [2.05, 4.69) is 58.0 Å². The van der Waals surface area contributed by atoms with Crippen molar-refractivity contribution in [3.63, 3.8) is 0 Å². The van der Waals surface area contributed by atoms with E-state index in [0.29, 0.717) is 11.3 Å². The van der Waals surface area contributed by atoms with Crippen molar-refractivity contribution < 1.29 is 4.74 Å². The van der Waals surface area contributed by atoms with Gasteiger partial charge in [0.2, 0.25) is 0 Å². The van der Waals surface area contributed by atoms with Crippen LogP contribution in [0.5, 0.6) is 5.75 Å². The van der Waals surface area contributed by atoms with Crippen LogP contribution in [0.2, 0.25) is 0 Å². The molecule has 2 aromatic rings. The molecule has 1 heteroatoms. The lowest BCUT2D eigenvalue weighted by molar-refractivity contribution is -0.0957. The van der Waals surface area contributed by atoms with Crippen LogP contribution in [0, 0.1) is 33.6 Å². The number of aryl methyl sites for hydroxylation is 3. The van der Waals surface area contributed by atoms with E-state index in [9.17, 15) is 0 Å². The molecule has 1 aliphatic heterocycles. The van der Waals surface area contributed by atoms with E-state index in [4.69, 9.17) is 4.74 Å². The molecule has 3 aliphatic rings. The second-order valence-corrected chi connectivity index (χ2v) is 10.2. The first-order valence-corrected chi connectivity index (χ1v) is 11.9. The number of hydrogen-bond acceptors (Lipinski definition) is 1. The van der Waals surface area contributed by atoms with E-state index in [0.717, 1.165) is 6.42 Å². The third kappa shape index (κ3) is 2.72. The van der Waals surface area contributed by atoms with E-state index in [1.807, 2.05) is 0 Å². The molecule has 2 aliphatic carbocycles. The summed E-state index contributed by atoms with van der Waals surface area (Å²) < 4.78 is 7.27. The summed E-state index contributed by atoms with van der Waals surface area (Å²) in [6.07, 6.45) is 11.9. The molecule has 0 N–H and O–H groups in total. The van der Waals surface area contributed by atoms with Crippen LogP contribution in [0.3, 0.4) is 0 Å². The van der Waals surface area contributed by atoms with Gasteiger partial charge in [-0.1, -0.05) is 61.6 Å². The monoisotopic (exact) mass is 388 g/mol. The maximum absolute atomic E-state index is 7.27. The van der Waals surface area contributed by atoms with Gasteiger partial charge in [0, 0.05) is 16.9 Å². The van der Waals surface area contributed by atoms with Gasteiger partial charge in [-0.05, 0) is 82.1 Å². The molecule has 0 radical (unpaired) electrons. The molecule has 1 heterocycles. The standard InChI is InChI=1S/C28H36O/c1-19-11-13-23(21(3)18-19)28-17-9-6-10-25(28)27(15-7-5-8-16-27)24-14-12-20(2)22(4)26(24)29-28/h11-14,18,25H,5-10,15-17H2,1-4H3. The summed E-state index contributed by atoms with van der Waals surface area (Å²) in [5.74, 6) is 1.82. The smallest absolute Gasteiger partial charge is 0.138 e. The lowest BCUT2D eigenvalue weighted by Crippen LogP contribution is -2.57. The summed E-state index contributed by atoms with van der Waals surface area (Å²) in [6, 6.07) is 11.9. The van der Waals surface area contributed by atoms with Crippen molar-refractivity contribution in [1.29, 1.82) is 0 Å². The second-order valence-electron chi connectivity index (χ2n) is 10.2. The summed E-state index contributed by atoms with van der Waals surface area (Å²) >= 11 is 0. The quantitative estimate of drug-likeness (QED) is 0.488. The molecule has 0 amide bonds. The molecule has 2 unspecified atom stereocenters. The number of rotatable bonds is 1. The molecule has 5 rings (SSSR count). The van der Waals surface area contributed by atoms with Crippen molar-refractivity contribution in [3.05, 3.63) is 63.7 Å². The molecule has 2 atom stereocenters. The third-order valence-electron chi connectivity index (χ3n) is 8.60. The zero-order valence-corrected chi connectivity index (χ0v) is 18.7. The van der Waals surface area contributed by atoms with Gasteiger partial charge < -0.3 is 4.74 Å². The van der Waals surface area contributed by atoms with Crippen LogP contribution < -0.4 is 4.74 Å². The second kappa shape index (κ2) is 6.89. The molecule has 0 bridgehead atoms.